The molecule has 1 aromatic rings. The minimum Gasteiger partial charge on any atom is -0.469 e. The molecule has 0 radical (unpaired) electrons. The van der Waals surface area contributed by atoms with Crippen LogP contribution < -0.4 is 5.73 Å². The van der Waals surface area contributed by atoms with E-state index < -0.39 is 17.4 Å². The van der Waals surface area contributed by atoms with Gasteiger partial charge >= 0.3 is 5.97 Å². The van der Waals surface area contributed by atoms with Gasteiger partial charge in [-0.15, -0.1) is 0 Å². The Balaban J connectivity index is 3.15. The van der Waals surface area contributed by atoms with E-state index in [2.05, 4.69) is 0 Å². The third-order valence-corrected chi connectivity index (χ3v) is 3.07. The molecule has 0 heterocycles. The van der Waals surface area contributed by atoms with E-state index in [1.807, 2.05) is 6.92 Å². The second kappa shape index (κ2) is 4.84. The normalized spacial score (nSPS) is 13.3. The molecule has 0 bridgehead atoms. The van der Waals surface area contributed by atoms with E-state index in [9.17, 15) is 9.18 Å². The monoisotopic (exact) mass is 239 g/mol. The molecule has 0 amide bonds. The first-order valence-electron chi connectivity index (χ1n) is 5.40. The number of aryl methyl sites for hydroxylation is 1. The number of ether oxygens (including phenoxy) is 1. The molecule has 4 heteroatoms. The third kappa shape index (κ3) is 2.64. The van der Waals surface area contributed by atoms with E-state index in [1.165, 1.54) is 19.2 Å². The average Bonchev–Trinajstić information content (AvgIpc) is 2.30. The first-order valence-corrected chi connectivity index (χ1v) is 5.40. The van der Waals surface area contributed by atoms with E-state index >= 15 is 0 Å². The summed E-state index contributed by atoms with van der Waals surface area (Å²) in [7, 11) is 1.31. The van der Waals surface area contributed by atoms with Crippen LogP contribution in [0.15, 0.2) is 18.2 Å². The van der Waals surface area contributed by atoms with Gasteiger partial charge in [-0.3, -0.25) is 4.79 Å². The van der Waals surface area contributed by atoms with Crippen LogP contribution in [-0.2, 0) is 9.53 Å². The predicted octanol–water partition coefficient (Wildman–Crippen LogP) is 2.33. The molecular formula is C13H18FNO2. The maximum Gasteiger partial charge on any atom is 0.313 e. The summed E-state index contributed by atoms with van der Waals surface area (Å²) in [5.41, 5.74) is 6.64. The van der Waals surface area contributed by atoms with Crippen molar-refractivity contribution in [3.63, 3.8) is 0 Å². The molecule has 0 unspecified atom stereocenters. The molecule has 0 aromatic heterocycles. The highest BCUT2D eigenvalue weighted by atomic mass is 19.1. The molecular weight excluding hydrogens is 221 g/mol. The number of nitrogens with two attached hydrogens (primary N) is 1. The zero-order valence-electron chi connectivity index (χ0n) is 10.6. The molecule has 17 heavy (non-hydrogen) atoms. The Bertz CT molecular complexity index is 429. The van der Waals surface area contributed by atoms with Gasteiger partial charge in [-0.1, -0.05) is 6.07 Å². The molecule has 0 aliphatic heterocycles. The molecule has 0 saturated heterocycles. The van der Waals surface area contributed by atoms with Gasteiger partial charge in [-0.05, 0) is 44.0 Å². The molecule has 3 nitrogen and oxygen atoms in total. The number of esters is 1. The van der Waals surface area contributed by atoms with Crippen LogP contribution in [0, 0.1) is 18.2 Å². The predicted molar refractivity (Wildman–Crippen MR) is 63.9 cm³/mol. The van der Waals surface area contributed by atoms with Crippen molar-refractivity contribution in [3.05, 3.63) is 35.1 Å². The summed E-state index contributed by atoms with van der Waals surface area (Å²) in [6.07, 6.45) is 0. The van der Waals surface area contributed by atoms with Gasteiger partial charge in [-0.25, -0.2) is 4.39 Å². The number of rotatable bonds is 3. The Morgan fingerprint density at radius 3 is 2.59 bits per heavy atom. The van der Waals surface area contributed by atoms with Crippen molar-refractivity contribution in [3.8, 4) is 0 Å². The summed E-state index contributed by atoms with van der Waals surface area (Å²) in [5, 5.41) is 0. The smallest absolute Gasteiger partial charge is 0.313 e. The highest BCUT2D eigenvalue weighted by Gasteiger charge is 2.37. The van der Waals surface area contributed by atoms with Crippen LogP contribution in [0.3, 0.4) is 0 Å². The van der Waals surface area contributed by atoms with Crippen LogP contribution in [0.2, 0.25) is 0 Å². The third-order valence-electron chi connectivity index (χ3n) is 3.07. The van der Waals surface area contributed by atoms with Crippen LogP contribution in [-0.4, -0.2) is 13.1 Å². The highest BCUT2D eigenvalue weighted by molar-refractivity contribution is 5.77. The number of hydrogen-bond donors (Lipinski definition) is 1. The van der Waals surface area contributed by atoms with Gasteiger partial charge in [0, 0.05) is 6.04 Å². The van der Waals surface area contributed by atoms with Crippen LogP contribution in [0.5, 0.6) is 0 Å². The largest absolute Gasteiger partial charge is 0.469 e. The fraction of sp³-hybridized carbons (Fsp3) is 0.462. The summed E-state index contributed by atoms with van der Waals surface area (Å²) in [5.74, 6) is -0.768. The van der Waals surface area contributed by atoms with Crippen LogP contribution in [0.4, 0.5) is 4.39 Å². The SMILES string of the molecule is COC(=O)C(C)(C)[C@H](N)c1cc(F)ccc1C. The number of methoxy groups -OCH3 is 1. The molecule has 0 aliphatic carbocycles. The minimum absolute atomic E-state index is 0.360. The molecule has 94 valence electrons. The first-order chi connectivity index (χ1) is 7.80. The van der Waals surface area contributed by atoms with Gasteiger partial charge in [0.2, 0.25) is 0 Å². The highest BCUT2D eigenvalue weighted by Crippen LogP contribution is 2.34. The van der Waals surface area contributed by atoms with Crippen LogP contribution >= 0.6 is 0 Å². The Morgan fingerprint density at radius 1 is 1.47 bits per heavy atom. The number of carbonyl (C=O) groups is 1. The molecule has 1 atom stereocenters. The fourth-order valence-electron chi connectivity index (χ4n) is 1.73. The lowest BCUT2D eigenvalue weighted by Crippen LogP contribution is -2.37. The number of carbonyl (C=O) groups excluding carboxylic acids is 1. The van der Waals surface area contributed by atoms with E-state index in [0.717, 1.165) is 5.56 Å². The molecule has 0 aliphatic rings. The number of halogens is 1. The molecule has 0 saturated carbocycles. The quantitative estimate of drug-likeness (QED) is 0.824. The van der Waals surface area contributed by atoms with Crippen molar-refractivity contribution in [1.29, 1.82) is 0 Å². The first kappa shape index (κ1) is 13.6. The molecule has 0 spiro atoms. The maximum absolute atomic E-state index is 13.2. The Morgan fingerprint density at radius 2 is 2.06 bits per heavy atom. The zero-order chi connectivity index (χ0) is 13.2. The van der Waals surface area contributed by atoms with E-state index in [-0.39, 0.29) is 5.82 Å². The standard InChI is InChI=1S/C13H18FNO2/c1-8-5-6-9(14)7-10(8)11(15)13(2,3)12(16)17-4/h5-7,11H,15H2,1-4H3/t11-/m1/s1. The van der Waals surface area contributed by atoms with Crippen molar-refractivity contribution < 1.29 is 13.9 Å². The summed E-state index contributed by atoms with van der Waals surface area (Å²) >= 11 is 0. The lowest BCUT2D eigenvalue weighted by atomic mass is 9.79. The average molecular weight is 239 g/mol. The van der Waals surface area contributed by atoms with Gasteiger partial charge in [0.25, 0.3) is 0 Å². The van der Waals surface area contributed by atoms with E-state index in [0.29, 0.717) is 5.56 Å². The Hall–Kier alpha value is -1.42. The summed E-state index contributed by atoms with van der Waals surface area (Å²) < 4.78 is 17.9. The lowest BCUT2D eigenvalue weighted by Gasteiger charge is -2.29. The van der Waals surface area contributed by atoms with Crippen LogP contribution in [0.25, 0.3) is 0 Å². The fourth-order valence-corrected chi connectivity index (χ4v) is 1.73. The van der Waals surface area contributed by atoms with Crippen molar-refractivity contribution >= 4 is 5.97 Å². The van der Waals surface area contributed by atoms with Crippen LogP contribution in [0.1, 0.15) is 31.0 Å². The Kier molecular flexibility index (Phi) is 3.88. The second-order valence-electron chi connectivity index (χ2n) is 4.69. The molecule has 1 rings (SSSR count). The minimum atomic E-state index is -0.896. The Labute approximate surface area is 101 Å². The zero-order valence-corrected chi connectivity index (χ0v) is 10.6. The molecule has 0 fully saturated rings. The number of hydrogen-bond acceptors (Lipinski definition) is 3. The van der Waals surface area contributed by atoms with Crippen molar-refractivity contribution in [2.24, 2.45) is 11.1 Å². The van der Waals surface area contributed by atoms with Gasteiger partial charge in [0.1, 0.15) is 5.82 Å². The summed E-state index contributed by atoms with van der Waals surface area (Å²) in [6.45, 7) is 5.21. The van der Waals surface area contributed by atoms with E-state index in [1.54, 1.807) is 19.9 Å². The maximum atomic E-state index is 13.2. The van der Waals surface area contributed by atoms with Crippen molar-refractivity contribution in [1.82, 2.24) is 0 Å². The van der Waals surface area contributed by atoms with Gasteiger partial charge in [0.05, 0.1) is 12.5 Å². The molecule has 2 N–H and O–H groups in total. The van der Waals surface area contributed by atoms with E-state index in [4.69, 9.17) is 10.5 Å². The second-order valence-corrected chi connectivity index (χ2v) is 4.69. The summed E-state index contributed by atoms with van der Waals surface area (Å²) in [6, 6.07) is 3.78. The van der Waals surface area contributed by atoms with Crippen molar-refractivity contribution in [2.45, 2.75) is 26.8 Å². The van der Waals surface area contributed by atoms with Gasteiger partial charge in [-0.2, -0.15) is 0 Å². The number of benzene rings is 1. The molecule has 1 aromatic carbocycles. The summed E-state index contributed by atoms with van der Waals surface area (Å²) in [4.78, 5) is 11.6. The van der Waals surface area contributed by atoms with Gasteiger partial charge in [0.15, 0.2) is 0 Å². The topological polar surface area (TPSA) is 52.3 Å². The van der Waals surface area contributed by atoms with Gasteiger partial charge < -0.3 is 10.5 Å². The van der Waals surface area contributed by atoms with Crippen molar-refractivity contribution in [2.75, 3.05) is 7.11 Å². The lowest BCUT2D eigenvalue weighted by molar-refractivity contribution is -0.152.